The fraction of sp³-hybridized carbons (Fsp3) is 1.00. The average molecular weight is 146 g/mol. The summed E-state index contributed by atoms with van der Waals surface area (Å²) in [6, 6.07) is 0.685. The molecule has 0 spiro atoms. The molecular formula is C6H14N2S. The SMILES string of the molecule is CC(C)N1CNCSC1. The molecule has 9 heavy (non-hydrogen) atoms. The fourth-order valence-electron chi connectivity index (χ4n) is 0.802. The van der Waals surface area contributed by atoms with Gasteiger partial charge in [0.25, 0.3) is 0 Å². The highest BCUT2D eigenvalue weighted by Gasteiger charge is 2.11. The van der Waals surface area contributed by atoms with Crippen LogP contribution in [0.1, 0.15) is 13.8 Å². The summed E-state index contributed by atoms with van der Waals surface area (Å²) >= 11 is 1.95. The van der Waals surface area contributed by atoms with E-state index < -0.39 is 0 Å². The van der Waals surface area contributed by atoms with Gasteiger partial charge in [0.05, 0.1) is 0 Å². The van der Waals surface area contributed by atoms with Gasteiger partial charge in [-0.1, -0.05) is 0 Å². The van der Waals surface area contributed by atoms with Gasteiger partial charge in [0.15, 0.2) is 0 Å². The van der Waals surface area contributed by atoms with Gasteiger partial charge in [-0.3, -0.25) is 10.2 Å². The maximum Gasteiger partial charge on any atom is 0.0497 e. The number of hydrogen-bond donors (Lipinski definition) is 1. The standard InChI is InChI=1S/C6H14N2S/c1-6(2)8-3-7-4-9-5-8/h6-7H,3-5H2,1-2H3. The van der Waals surface area contributed by atoms with Crippen LogP contribution in [0.15, 0.2) is 0 Å². The molecule has 3 heteroatoms. The zero-order valence-corrected chi connectivity index (χ0v) is 6.87. The van der Waals surface area contributed by atoms with Gasteiger partial charge in [0, 0.05) is 24.5 Å². The Morgan fingerprint density at radius 1 is 1.56 bits per heavy atom. The third-order valence-electron chi connectivity index (χ3n) is 1.51. The van der Waals surface area contributed by atoms with E-state index in [1.54, 1.807) is 0 Å². The van der Waals surface area contributed by atoms with E-state index in [1.165, 1.54) is 5.88 Å². The molecule has 54 valence electrons. The van der Waals surface area contributed by atoms with Gasteiger partial charge in [-0.2, -0.15) is 0 Å². The number of nitrogens with zero attached hydrogens (tertiary/aromatic N) is 1. The second-order valence-corrected chi connectivity index (χ2v) is 3.52. The molecule has 1 heterocycles. The van der Waals surface area contributed by atoms with Gasteiger partial charge in [-0.15, -0.1) is 11.8 Å². The predicted molar refractivity (Wildman–Crippen MR) is 42.3 cm³/mol. The Bertz CT molecular complexity index is 79.1. The molecule has 0 radical (unpaired) electrons. The third-order valence-corrected chi connectivity index (χ3v) is 2.43. The van der Waals surface area contributed by atoms with Crippen molar-refractivity contribution in [1.29, 1.82) is 0 Å². The molecule has 1 fully saturated rings. The second-order valence-electron chi connectivity index (χ2n) is 2.57. The lowest BCUT2D eigenvalue weighted by Gasteiger charge is -2.29. The monoisotopic (exact) mass is 146 g/mol. The summed E-state index contributed by atoms with van der Waals surface area (Å²) in [7, 11) is 0. The molecule has 0 unspecified atom stereocenters. The molecule has 0 aliphatic carbocycles. The minimum Gasteiger partial charge on any atom is -0.295 e. The van der Waals surface area contributed by atoms with Crippen molar-refractivity contribution in [1.82, 2.24) is 10.2 Å². The van der Waals surface area contributed by atoms with E-state index in [2.05, 4.69) is 24.1 Å². The Balaban J connectivity index is 2.23. The fourth-order valence-corrected chi connectivity index (χ4v) is 1.75. The molecular weight excluding hydrogens is 132 g/mol. The minimum atomic E-state index is 0.685. The van der Waals surface area contributed by atoms with Crippen molar-refractivity contribution in [3.05, 3.63) is 0 Å². The third kappa shape index (κ3) is 2.16. The molecule has 2 nitrogen and oxygen atoms in total. The quantitative estimate of drug-likeness (QED) is 0.592. The first kappa shape index (κ1) is 7.38. The molecule has 1 saturated heterocycles. The lowest BCUT2D eigenvalue weighted by Crippen LogP contribution is -2.42. The summed E-state index contributed by atoms with van der Waals surface area (Å²) in [5.74, 6) is 2.30. The highest BCUT2D eigenvalue weighted by atomic mass is 32.2. The van der Waals surface area contributed by atoms with E-state index in [1.807, 2.05) is 11.8 Å². The topological polar surface area (TPSA) is 15.3 Å². The molecule has 0 amide bonds. The smallest absolute Gasteiger partial charge is 0.0497 e. The molecule has 0 aromatic carbocycles. The first-order valence-corrected chi connectivity index (χ1v) is 4.48. The minimum absolute atomic E-state index is 0.685. The van der Waals surface area contributed by atoms with Crippen LogP contribution in [0.2, 0.25) is 0 Å². The Morgan fingerprint density at radius 3 is 2.67 bits per heavy atom. The lowest BCUT2D eigenvalue weighted by atomic mass is 10.4. The Hall–Kier alpha value is 0.270. The van der Waals surface area contributed by atoms with Crippen molar-refractivity contribution in [2.75, 3.05) is 18.4 Å². The molecule has 1 aliphatic rings. The summed E-state index contributed by atoms with van der Waals surface area (Å²) in [5.41, 5.74) is 0. The summed E-state index contributed by atoms with van der Waals surface area (Å²) in [6.45, 7) is 5.52. The van der Waals surface area contributed by atoms with Crippen molar-refractivity contribution >= 4 is 11.8 Å². The van der Waals surface area contributed by atoms with E-state index in [4.69, 9.17) is 0 Å². The number of rotatable bonds is 1. The van der Waals surface area contributed by atoms with Crippen LogP contribution in [-0.2, 0) is 0 Å². The van der Waals surface area contributed by atoms with Crippen molar-refractivity contribution in [2.24, 2.45) is 0 Å². The summed E-state index contributed by atoms with van der Waals surface area (Å²) in [4.78, 5) is 2.41. The van der Waals surface area contributed by atoms with Crippen LogP contribution in [0.4, 0.5) is 0 Å². The van der Waals surface area contributed by atoms with E-state index >= 15 is 0 Å². The Labute approximate surface area is 61.0 Å². The van der Waals surface area contributed by atoms with Crippen LogP contribution in [0, 0.1) is 0 Å². The van der Waals surface area contributed by atoms with Gasteiger partial charge in [0.1, 0.15) is 0 Å². The second kappa shape index (κ2) is 3.44. The number of hydrogen-bond acceptors (Lipinski definition) is 3. The largest absolute Gasteiger partial charge is 0.295 e. The van der Waals surface area contributed by atoms with E-state index in [0.29, 0.717) is 6.04 Å². The molecule has 1 rings (SSSR count). The van der Waals surface area contributed by atoms with Crippen molar-refractivity contribution in [2.45, 2.75) is 19.9 Å². The predicted octanol–water partition coefficient (Wildman–Crippen LogP) is 0.906. The van der Waals surface area contributed by atoms with E-state index in [0.717, 1.165) is 12.5 Å². The van der Waals surface area contributed by atoms with Crippen LogP contribution < -0.4 is 5.32 Å². The molecule has 0 atom stereocenters. The van der Waals surface area contributed by atoms with Crippen LogP contribution in [0.3, 0.4) is 0 Å². The van der Waals surface area contributed by atoms with E-state index in [-0.39, 0.29) is 0 Å². The van der Waals surface area contributed by atoms with Crippen LogP contribution in [0.5, 0.6) is 0 Å². The summed E-state index contributed by atoms with van der Waals surface area (Å²) < 4.78 is 0. The van der Waals surface area contributed by atoms with Gasteiger partial charge in [-0.05, 0) is 13.8 Å². The lowest BCUT2D eigenvalue weighted by molar-refractivity contribution is 0.240. The van der Waals surface area contributed by atoms with Crippen molar-refractivity contribution < 1.29 is 0 Å². The van der Waals surface area contributed by atoms with Crippen molar-refractivity contribution in [3.8, 4) is 0 Å². The molecule has 0 aromatic heterocycles. The Kier molecular flexibility index (Phi) is 2.82. The number of nitrogens with one attached hydrogen (secondary N) is 1. The van der Waals surface area contributed by atoms with Crippen LogP contribution in [-0.4, -0.2) is 29.4 Å². The van der Waals surface area contributed by atoms with Gasteiger partial charge in [-0.25, -0.2) is 0 Å². The molecule has 1 N–H and O–H groups in total. The molecule has 1 aliphatic heterocycles. The summed E-state index contributed by atoms with van der Waals surface area (Å²) in [6.07, 6.45) is 0. The molecule has 0 aromatic rings. The molecule has 0 saturated carbocycles. The highest BCUT2D eigenvalue weighted by Crippen LogP contribution is 2.09. The first-order valence-electron chi connectivity index (χ1n) is 3.33. The van der Waals surface area contributed by atoms with Crippen molar-refractivity contribution in [3.63, 3.8) is 0 Å². The zero-order chi connectivity index (χ0) is 6.69. The van der Waals surface area contributed by atoms with E-state index in [9.17, 15) is 0 Å². The van der Waals surface area contributed by atoms with Crippen LogP contribution >= 0.6 is 11.8 Å². The summed E-state index contributed by atoms with van der Waals surface area (Å²) in [5, 5.41) is 3.31. The molecule has 0 bridgehead atoms. The van der Waals surface area contributed by atoms with Gasteiger partial charge in [0.2, 0.25) is 0 Å². The van der Waals surface area contributed by atoms with Gasteiger partial charge >= 0.3 is 0 Å². The maximum absolute atomic E-state index is 3.31. The normalized spacial score (nSPS) is 23.0. The zero-order valence-electron chi connectivity index (χ0n) is 6.05. The first-order chi connectivity index (χ1) is 4.30. The maximum atomic E-state index is 3.31. The highest BCUT2D eigenvalue weighted by molar-refractivity contribution is 7.99. The average Bonchev–Trinajstić information content (AvgIpc) is 1.90. The van der Waals surface area contributed by atoms with Crippen LogP contribution in [0.25, 0.3) is 0 Å². The number of thioether (sulfide) groups is 1. The van der Waals surface area contributed by atoms with Gasteiger partial charge < -0.3 is 0 Å². The Morgan fingerprint density at radius 2 is 2.33 bits per heavy atom.